The summed E-state index contributed by atoms with van der Waals surface area (Å²) in [6.07, 6.45) is 4.18. The molecule has 0 amide bonds. The zero-order valence-corrected chi connectivity index (χ0v) is 12.4. The number of halogens is 2. The molecule has 4 heteroatoms. The molecule has 0 aliphatic heterocycles. The number of hydrogen-bond donors (Lipinski definition) is 2. The lowest BCUT2D eigenvalue weighted by Gasteiger charge is -2.29. The molecule has 2 unspecified atom stereocenters. The molecule has 1 aliphatic rings. The smallest absolute Gasteiger partial charge is 0.124 e. The molecule has 0 aromatic heterocycles. The number of hydrogen-bond acceptors (Lipinski definition) is 2. The molecule has 0 bridgehead atoms. The third kappa shape index (κ3) is 4.26. The van der Waals surface area contributed by atoms with Gasteiger partial charge >= 0.3 is 0 Å². The van der Waals surface area contributed by atoms with Gasteiger partial charge in [0.2, 0.25) is 0 Å². The third-order valence-electron chi connectivity index (χ3n) is 3.89. The predicted molar refractivity (Wildman–Crippen MR) is 76.4 cm³/mol. The van der Waals surface area contributed by atoms with Crippen LogP contribution in [0.15, 0.2) is 22.7 Å². The van der Waals surface area contributed by atoms with Crippen LogP contribution in [0.1, 0.15) is 37.7 Å². The van der Waals surface area contributed by atoms with Crippen molar-refractivity contribution in [2.75, 3.05) is 0 Å². The second-order valence-electron chi connectivity index (χ2n) is 5.44. The average molecular weight is 331 g/mol. The quantitative estimate of drug-likeness (QED) is 0.887. The van der Waals surface area contributed by atoms with Gasteiger partial charge in [0.1, 0.15) is 5.82 Å². The van der Waals surface area contributed by atoms with Crippen molar-refractivity contribution in [2.45, 2.75) is 50.7 Å². The van der Waals surface area contributed by atoms with Gasteiger partial charge in [-0.25, -0.2) is 4.39 Å². The average Bonchev–Trinajstić information content (AvgIpc) is 2.37. The Hall–Kier alpha value is -0.450. The fraction of sp³-hybridized carbons (Fsp3) is 0.600. The van der Waals surface area contributed by atoms with E-state index in [4.69, 9.17) is 0 Å². The molecule has 1 aliphatic carbocycles. The van der Waals surface area contributed by atoms with Crippen molar-refractivity contribution in [3.63, 3.8) is 0 Å². The lowest BCUT2D eigenvalue weighted by Crippen LogP contribution is -2.36. The maximum absolute atomic E-state index is 13.3. The zero-order valence-electron chi connectivity index (χ0n) is 10.9. The Morgan fingerprint density at radius 3 is 2.47 bits per heavy atom. The van der Waals surface area contributed by atoms with E-state index in [-0.39, 0.29) is 18.2 Å². The minimum absolute atomic E-state index is 0.181. The summed E-state index contributed by atoms with van der Waals surface area (Å²) in [5.74, 6) is -0.149. The van der Waals surface area contributed by atoms with Crippen LogP contribution in [0.2, 0.25) is 0 Å². The normalized spacial score (nSPS) is 20.2. The van der Waals surface area contributed by atoms with Crippen molar-refractivity contribution in [3.8, 4) is 0 Å². The van der Waals surface area contributed by atoms with Crippen molar-refractivity contribution in [2.24, 2.45) is 5.92 Å². The van der Waals surface area contributed by atoms with Gasteiger partial charge in [0.15, 0.2) is 0 Å². The van der Waals surface area contributed by atoms with E-state index >= 15 is 0 Å². The highest BCUT2D eigenvalue weighted by molar-refractivity contribution is 9.10. The van der Waals surface area contributed by atoms with E-state index in [9.17, 15) is 14.6 Å². The molecular formula is C15H20BrFO2. The summed E-state index contributed by atoms with van der Waals surface area (Å²) in [5, 5.41) is 20.3. The molecule has 0 saturated heterocycles. The first-order valence-electron chi connectivity index (χ1n) is 6.87. The van der Waals surface area contributed by atoms with Gasteiger partial charge in [-0.1, -0.05) is 35.2 Å². The molecule has 106 valence electrons. The molecule has 1 aromatic carbocycles. The Bertz CT molecular complexity index is 398. The Morgan fingerprint density at radius 2 is 1.84 bits per heavy atom. The van der Waals surface area contributed by atoms with E-state index in [2.05, 4.69) is 15.9 Å². The fourth-order valence-electron chi connectivity index (χ4n) is 2.88. The maximum atomic E-state index is 13.3. The number of rotatable bonds is 4. The summed E-state index contributed by atoms with van der Waals surface area (Å²) in [6, 6.07) is 4.56. The minimum atomic E-state index is -0.822. The van der Waals surface area contributed by atoms with E-state index in [1.165, 1.54) is 18.6 Å². The highest BCUT2D eigenvalue weighted by Crippen LogP contribution is 2.28. The SMILES string of the molecule is OC(Cc1cc(F)cc(Br)c1)C(O)C1CCCCC1. The lowest BCUT2D eigenvalue weighted by atomic mass is 9.82. The molecule has 2 N–H and O–H groups in total. The second-order valence-corrected chi connectivity index (χ2v) is 6.35. The molecule has 1 aromatic rings. The van der Waals surface area contributed by atoms with Crippen molar-refractivity contribution in [1.82, 2.24) is 0 Å². The Morgan fingerprint density at radius 1 is 1.16 bits per heavy atom. The van der Waals surface area contributed by atoms with Crippen LogP contribution in [0.3, 0.4) is 0 Å². The van der Waals surface area contributed by atoms with Crippen molar-refractivity contribution in [1.29, 1.82) is 0 Å². The number of aliphatic hydroxyl groups excluding tert-OH is 2. The first kappa shape index (κ1) is 14.9. The van der Waals surface area contributed by atoms with Gasteiger partial charge in [0, 0.05) is 10.9 Å². The van der Waals surface area contributed by atoms with Gasteiger partial charge in [0.05, 0.1) is 12.2 Å². The van der Waals surface area contributed by atoms with E-state index in [0.29, 0.717) is 10.0 Å². The van der Waals surface area contributed by atoms with Gasteiger partial charge in [-0.3, -0.25) is 0 Å². The van der Waals surface area contributed by atoms with Crippen molar-refractivity contribution in [3.05, 3.63) is 34.1 Å². The molecule has 0 spiro atoms. The van der Waals surface area contributed by atoms with Crippen LogP contribution in [0.4, 0.5) is 4.39 Å². The summed E-state index contributed by atoms with van der Waals surface area (Å²) in [5.41, 5.74) is 0.703. The van der Waals surface area contributed by atoms with Crippen LogP contribution in [0.5, 0.6) is 0 Å². The molecule has 2 atom stereocenters. The molecule has 0 heterocycles. The largest absolute Gasteiger partial charge is 0.390 e. The zero-order chi connectivity index (χ0) is 13.8. The summed E-state index contributed by atoms with van der Waals surface area (Å²) in [7, 11) is 0. The fourth-order valence-corrected chi connectivity index (χ4v) is 3.39. The summed E-state index contributed by atoms with van der Waals surface area (Å²) in [4.78, 5) is 0. The first-order valence-corrected chi connectivity index (χ1v) is 7.66. The molecular weight excluding hydrogens is 311 g/mol. The molecule has 1 saturated carbocycles. The predicted octanol–water partition coefficient (Wildman–Crippen LogP) is 3.43. The standard InChI is InChI=1S/C15H20BrFO2/c16-12-6-10(7-13(17)9-12)8-14(18)15(19)11-4-2-1-3-5-11/h6-7,9,11,14-15,18-19H,1-5,8H2. The van der Waals surface area contributed by atoms with Gasteiger partial charge in [-0.2, -0.15) is 0 Å². The van der Waals surface area contributed by atoms with Crippen LogP contribution in [-0.2, 0) is 6.42 Å². The third-order valence-corrected chi connectivity index (χ3v) is 4.35. The highest BCUT2D eigenvalue weighted by atomic mass is 79.9. The van der Waals surface area contributed by atoms with Gasteiger partial charge < -0.3 is 10.2 Å². The summed E-state index contributed by atoms with van der Waals surface area (Å²) >= 11 is 3.23. The van der Waals surface area contributed by atoms with E-state index in [0.717, 1.165) is 25.7 Å². The van der Waals surface area contributed by atoms with E-state index < -0.39 is 12.2 Å². The van der Waals surface area contributed by atoms with Crippen LogP contribution in [-0.4, -0.2) is 22.4 Å². The monoisotopic (exact) mass is 330 g/mol. The topological polar surface area (TPSA) is 40.5 Å². The summed E-state index contributed by atoms with van der Waals surface area (Å²) < 4.78 is 13.9. The van der Waals surface area contributed by atoms with E-state index in [1.807, 2.05) is 0 Å². The van der Waals surface area contributed by atoms with Crippen molar-refractivity contribution < 1.29 is 14.6 Å². The Balaban J connectivity index is 1.97. The molecule has 19 heavy (non-hydrogen) atoms. The van der Waals surface area contributed by atoms with E-state index in [1.54, 1.807) is 6.07 Å². The molecule has 2 rings (SSSR count). The van der Waals surface area contributed by atoms with Crippen molar-refractivity contribution >= 4 is 15.9 Å². The lowest BCUT2D eigenvalue weighted by molar-refractivity contribution is -0.0263. The van der Waals surface area contributed by atoms with Crippen LogP contribution >= 0.6 is 15.9 Å². The Kier molecular flexibility index (Phi) is 5.37. The van der Waals surface area contributed by atoms with Gasteiger partial charge in [-0.05, 0) is 42.5 Å². The molecule has 0 radical (unpaired) electrons. The van der Waals surface area contributed by atoms with Gasteiger partial charge in [-0.15, -0.1) is 0 Å². The molecule has 1 fully saturated rings. The summed E-state index contributed by atoms with van der Waals surface area (Å²) in [6.45, 7) is 0. The van der Waals surface area contributed by atoms with Crippen LogP contribution < -0.4 is 0 Å². The maximum Gasteiger partial charge on any atom is 0.124 e. The number of aliphatic hydroxyl groups is 2. The van der Waals surface area contributed by atoms with Gasteiger partial charge in [0.25, 0.3) is 0 Å². The Labute approximate surface area is 121 Å². The van der Waals surface area contributed by atoms with Crippen LogP contribution in [0, 0.1) is 11.7 Å². The second kappa shape index (κ2) is 6.82. The molecule has 2 nitrogen and oxygen atoms in total. The minimum Gasteiger partial charge on any atom is -0.390 e. The number of benzene rings is 1. The first-order chi connectivity index (χ1) is 9.06. The highest BCUT2D eigenvalue weighted by Gasteiger charge is 2.27. The van der Waals surface area contributed by atoms with Crippen LogP contribution in [0.25, 0.3) is 0 Å².